The molecule has 0 amide bonds. The van der Waals surface area contributed by atoms with E-state index in [1.54, 1.807) is 35.2 Å². The molecule has 0 aliphatic carbocycles. The van der Waals surface area contributed by atoms with Crippen molar-refractivity contribution < 1.29 is 8.42 Å². The number of nitrogens with one attached hydrogen (secondary N) is 1. The van der Waals surface area contributed by atoms with Gasteiger partial charge >= 0.3 is 0 Å². The third-order valence-electron chi connectivity index (χ3n) is 3.86. The Bertz CT molecular complexity index is 996. The van der Waals surface area contributed by atoms with Gasteiger partial charge in [0.1, 0.15) is 6.33 Å². The number of sulfonamides is 1. The zero-order valence-corrected chi connectivity index (χ0v) is 16.4. The highest BCUT2D eigenvalue weighted by atomic mass is 32.2. The van der Waals surface area contributed by atoms with E-state index in [2.05, 4.69) is 28.8 Å². The van der Waals surface area contributed by atoms with Gasteiger partial charge in [-0.3, -0.25) is 4.72 Å². The molecular weight excluding hydrogens is 368 g/mol. The zero-order valence-electron chi connectivity index (χ0n) is 14.7. The van der Waals surface area contributed by atoms with Crippen molar-refractivity contribution in [1.29, 1.82) is 0 Å². The third kappa shape index (κ3) is 4.08. The first-order chi connectivity index (χ1) is 12.4. The smallest absolute Gasteiger partial charge is 0.261 e. The quantitative estimate of drug-likeness (QED) is 0.693. The second-order valence-electron chi connectivity index (χ2n) is 6.15. The van der Waals surface area contributed by atoms with Crippen LogP contribution in [0.15, 0.2) is 69.8 Å². The minimum Gasteiger partial charge on any atom is -0.311 e. The van der Waals surface area contributed by atoms with Crippen molar-refractivity contribution in [3.63, 3.8) is 0 Å². The highest BCUT2D eigenvalue weighted by Gasteiger charge is 2.17. The third-order valence-corrected chi connectivity index (χ3v) is 6.37. The SMILES string of the molecule is CC(C)c1ccc(S(=O)(=O)Nc2ccccc2Sc2nncn2C)cc1. The molecule has 0 saturated carbocycles. The fraction of sp³-hybridized carbons (Fsp3) is 0.222. The molecule has 0 bridgehead atoms. The summed E-state index contributed by atoms with van der Waals surface area (Å²) in [5, 5.41) is 8.56. The van der Waals surface area contributed by atoms with Crippen molar-refractivity contribution in [2.24, 2.45) is 7.05 Å². The van der Waals surface area contributed by atoms with Crippen LogP contribution in [0.3, 0.4) is 0 Å². The molecule has 3 aromatic rings. The molecule has 6 nitrogen and oxygen atoms in total. The summed E-state index contributed by atoms with van der Waals surface area (Å²) in [5.41, 5.74) is 1.61. The molecule has 0 saturated heterocycles. The van der Waals surface area contributed by atoms with Gasteiger partial charge in [0, 0.05) is 11.9 Å². The van der Waals surface area contributed by atoms with Crippen LogP contribution < -0.4 is 4.72 Å². The molecular formula is C18H20N4O2S2. The molecule has 0 spiro atoms. The fourth-order valence-corrected chi connectivity index (χ4v) is 4.33. The lowest BCUT2D eigenvalue weighted by atomic mass is 10.0. The molecule has 0 atom stereocenters. The summed E-state index contributed by atoms with van der Waals surface area (Å²) in [4.78, 5) is 0.992. The molecule has 0 unspecified atom stereocenters. The lowest BCUT2D eigenvalue weighted by Gasteiger charge is -2.13. The van der Waals surface area contributed by atoms with Crippen LogP contribution >= 0.6 is 11.8 Å². The van der Waals surface area contributed by atoms with E-state index in [1.807, 2.05) is 31.3 Å². The van der Waals surface area contributed by atoms with Crippen molar-refractivity contribution >= 4 is 27.5 Å². The Morgan fingerprint density at radius 2 is 1.77 bits per heavy atom. The largest absolute Gasteiger partial charge is 0.311 e. The lowest BCUT2D eigenvalue weighted by Crippen LogP contribution is -2.13. The van der Waals surface area contributed by atoms with E-state index in [0.29, 0.717) is 16.8 Å². The van der Waals surface area contributed by atoms with Crippen molar-refractivity contribution in [1.82, 2.24) is 14.8 Å². The van der Waals surface area contributed by atoms with Gasteiger partial charge in [-0.05, 0) is 47.5 Å². The Morgan fingerprint density at radius 1 is 1.08 bits per heavy atom. The van der Waals surface area contributed by atoms with Gasteiger partial charge < -0.3 is 4.57 Å². The van der Waals surface area contributed by atoms with Gasteiger partial charge in [-0.15, -0.1) is 10.2 Å². The zero-order chi connectivity index (χ0) is 18.7. The Kier molecular flexibility index (Phi) is 5.33. The van der Waals surface area contributed by atoms with E-state index in [0.717, 1.165) is 10.5 Å². The molecule has 0 radical (unpaired) electrons. The topological polar surface area (TPSA) is 76.9 Å². The van der Waals surface area contributed by atoms with Gasteiger partial charge in [-0.1, -0.05) is 38.1 Å². The maximum atomic E-state index is 12.8. The summed E-state index contributed by atoms with van der Waals surface area (Å²) in [7, 11) is -1.83. The van der Waals surface area contributed by atoms with Crippen molar-refractivity contribution in [3.8, 4) is 0 Å². The van der Waals surface area contributed by atoms with E-state index >= 15 is 0 Å². The average molecular weight is 389 g/mol. The number of anilines is 1. The number of benzene rings is 2. The molecule has 1 aromatic heterocycles. The molecule has 2 aromatic carbocycles. The summed E-state index contributed by atoms with van der Waals surface area (Å²) in [6.07, 6.45) is 1.60. The summed E-state index contributed by atoms with van der Waals surface area (Å²) in [6, 6.07) is 14.2. The molecule has 136 valence electrons. The first-order valence-corrected chi connectivity index (χ1v) is 10.4. The monoisotopic (exact) mass is 388 g/mol. The van der Waals surface area contributed by atoms with E-state index in [-0.39, 0.29) is 4.90 Å². The number of rotatable bonds is 6. The number of hydrogen-bond acceptors (Lipinski definition) is 5. The van der Waals surface area contributed by atoms with Gasteiger partial charge in [0.05, 0.1) is 10.6 Å². The summed E-state index contributed by atoms with van der Waals surface area (Å²) in [6.45, 7) is 4.14. The van der Waals surface area contributed by atoms with Gasteiger partial charge in [0.15, 0.2) is 5.16 Å². The van der Waals surface area contributed by atoms with Gasteiger partial charge in [-0.25, -0.2) is 8.42 Å². The molecule has 26 heavy (non-hydrogen) atoms. The Hall–Kier alpha value is -2.32. The highest BCUT2D eigenvalue weighted by molar-refractivity contribution is 7.99. The molecule has 1 N–H and O–H groups in total. The molecule has 1 heterocycles. The maximum Gasteiger partial charge on any atom is 0.261 e. The minimum atomic E-state index is -3.67. The van der Waals surface area contributed by atoms with Crippen LogP contribution in [-0.4, -0.2) is 23.2 Å². The van der Waals surface area contributed by atoms with Crippen LogP contribution in [0.25, 0.3) is 0 Å². The summed E-state index contributed by atoms with van der Waals surface area (Å²) < 4.78 is 30.0. The van der Waals surface area contributed by atoms with Crippen LogP contribution in [0, 0.1) is 0 Å². The predicted molar refractivity (Wildman–Crippen MR) is 103 cm³/mol. The van der Waals surface area contributed by atoms with Crippen molar-refractivity contribution in [2.75, 3.05) is 4.72 Å². The van der Waals surface area contributed by atoms with Gasteiger partial charge in [-0.2, -0.15) is 0 Å². The first kappa shape index (κ1) is 18.5. The predicted octanol–water partition coefficient (Wildman–Crippen LogP) is 3.89. The van der Waals surface area contributed by atoms with E-state index in [1.165, 1.54) is 11.8 Å². The second-order valence-corrected chi connectivity index (χ2v) is 8.84. The second kappa shape index (κ2) is 7.51. The number of nitrogens with zero attached hydrogens (tertiary/aromatic N) is 3. The molecule has 0 aliphatic rings. The standard InChI is InChI=1S/C18H20N4O2S2/c1-13(2)14-8-10-15(11-9-14)26(23,24)21-16-6-4-5-7-17(16)25-18-20-19-12-22(18)3/h4-13,21H,1-3H3. The number of aromatic nitrogens is 3. The summed E-state index contributed by atoms with van der Waals surface area (Å²) in [5.74, 6) is 0.350. The van der Waals surface area contributed by atoms with Crippen LogP contribution in [0.2, 0.25) is 0 Å². The lowest BCUT2D eigenvalue weighted by molar-refractivity contribution is 0.601. The van der Waals surface area contributed by atoms with Crippen molar-refractivity contribution in [2.45, 2.75) is 34.7 Å². The van der Waals surface area contributed by atoms with Crippen molar-refractivity contribution in [3.05, 3.63) is 60.4 Å². The molecule has 3 rings (SSSR count). The van der Waals surface area contributed by atoms with E-state index < -0.39 is 10.0 Å². The molecule has 8 heteroatoms. The number of para-hydroxylation sites is 1. The number of hydrogen-bond donors (Lipinski definition) is 1. The van der Waals surface area contributed by atoms with Crippen LogP contribution in [0.1, 0.15) is 25.3 Å². The summed E-state index contributed by atoms with van der Waals surface area (Å²) >= 11 is 1.35. The van der Waals surface area contributed by atoms with Crippen LogP contribution in [-0.2, 0) is 17.1 Å². The minimum absolute atomic E-state index is 0.236. The Labute approximate surface area is 157 Å². The van der Waals surface area contributed by atoms with E-state index in [4.69, 9.17) is 0 Å². The van der Waals surface area contributed by atoms with E-state index in [9.17, 15) is 8.42 Å². The van der Waals surface area contributed by atoms with Crippen LogP contribution in [0.4, 0.5) is 5.69 Å². The normalized spacial score (nSPS) is 11.7. The first-order valence-electron chi connectivity index (χ1n) is 8.10. The van der Waals surface area contributed by atoms with Gasteiger partial charge in [0.2, 0.25) is 0 Å². The van der Waals surface area contributed by atoms with Gasteiger partial charge in [0.25, 0.3) is 10.0 Å². The highest BCUT2D eigenvalue weighted by Crippen LogP contribution is 2.33. The molecule has 0 fully saturated rings. The Balaban J connectivity index is 1.87. The fourth-order valence-electron chi connectivity index (χ4n) is 2.34. The average Bonchev–Trinajstić information content (AvgIpc) is 3.01. The molecule has 0 aliphatic heterocycles. The maximum absolute atomic E-state index is 12.8. The Morgan fingerprint density at radius 3 is 2.38 bits per heavy atom. The number of aryl methyl sites for hydroxylation is 1. The van der Waals surface area contributed by atoms with Crippen LogP contribution in [0.5, 0.6) is 0 Å².